The zero-order chi connectivity index (χ0) is 21.7. The van der Waals surface area contributed by atoms with Gasteiger partial charge in [0.2, 0.25) is 0 Å². The first-order valence-corrected chi connectivity index (χ1v) is 14.8. The van der Waals surface area contributed by atoms with Crippen LogP contribution in [0, 0.1) is 17.3 Å². The van der Waals surface area contributed by atoms with Gasteiger partial charge in [-0.05, 0) is 91.8 Å². The molecular weight excluding hydrogens is 392 g/mol. The number of aliphatic hydroxyl groups is 1. The Morgan fingerprint density at radius 3 is 2.60 bits per heavy atom. The molecule has 30 heavy (non-hydrogen) atoms. The van der Waals surface area contributed by atoms with Crippen molar-refractivity contribution in [1.29, 1.82) is 0 Å². The highest BCUT2D eigenvalue weighted by atomic mass is 28.4. The van der Waals surface area contributed by atoms with Crippen LogP contribution in [-0.2, 0) is 14.0 Å². The number of ether oxygens (including phenoxy) is 1. The SMILES string of the molecule is CC(C)(C)[Si](C)(C)O[C@H]1CC[C@@H]2[C@]1(C)CCC1C(O)C3=CC(=O)C=C[C@]34CC[C@@]12O4. The van der Waals surface area contributed by atoms with Gasteiger partial charge in [-0.2, -0.15) is 0 Å². The summed E-state index contributed by atoms with van der Waals surface area (Å²) in [6, 6.07) is 0. The van der Waals surface area contributed by atoms with Crippen molar-refractivity contribution in [1.82, 2.24) is 0 Å². The highest BCUT2D eigenvalue weighted by Crippen LogP contribution is 2.69. The summed E-state index contributed by atoms with van der Waals surface area (Å²) in [4.78, 5) is 12.0. The molecule has 166 valence electrons. The van der Waals surface area contributed by atoms with E-state index in [0.717, 1.165) is 44.1 Å². The molecule has 2 bridgehead atoms. The first kappa shape index (κ1) is 21.1. The first-order valence-electron chi connectivity index (χ1n) is 11.9. The summed E-state index contributed by atoms with van der Waals surface area (Å²) in [6.07, 6.45) is 11.0. The number of fused-ring (bicyclic) bond motifs is 1. The van der Waals surface area contributed by atoms with E-state index >= 15 is 0 Å². The monoisotopic (exact) mass is 430 g/mol. The Morgan fingerprint density at radius 1 is 1.17 bits per heavy atom. The summed E-state index contributed by atoms with van der Waals surface area (Å²) in [6.45, 7) is 14.1. The number of carbonyl (C=O) groups is 1. The van der Waals surface area contributed by atoms with Crippen LogP contribution in [0.3, 0.4) is 0 Å². The Balaban J connectivity index is 1.49. The van der Waals surface area contributed by atoms with Crippen molar-refractivity contribution < 1.29 is 19.1 Å². The molecule has 0 aromatic heterocycles. The highest BCUT2D eigenvalue weighted by molar-refractivity contribution is 6.74. The van der Waals surface area contributed by atoms with Crippen molar-refractivity contribution in [2.75, 3.05) is 0 Å². The fourth-order valence-corrected chi connectivity index (χ4v) is 8.75. The van der Waals surface area contributed by atoms with Crippen molar-refractivity contribution in [2.45, 2.75) is 108 Å². The summed E-state index contributed by atoms with van der Waals surface area (Å²) >= 11 is 0. The van der Waals surface area contributed by atoms with Crippen LogP contribution in [0.1, 0.15) is 66.2 Å². The Kier molecular flexibility index (Phi) is 4.35. The second-order valence-corrected chi connectivity index (χ2v) is 17.1. The number of hydrogen-bond donors (Lipinski definition) is 1. The Morgan fingerprint density at radius 2 is 1.90 bits per heavy atom. The average molecular weight is 431 g/mol. The van der Waals surface area contributed by atoms with E-state index in [0.29, 0.717) is 5.92 Å². The second-order valence-electron chi connectivity index (χ2n) is 12.4. The minimum Gasteiger partial charge on any atom is -0.413 e. The van der Waals surface area contributed by atoms with Gasteiger partial charge in [0, 0.05) is 5.92 Å². The predicted molar refractivity (Wildman–Crippen MR) is 120 cm³/mol. The topological polar surface area (TPSA) is 55.8 Å². The van der Waals surface area contributed by atoms with E-state index in [9.17, 15) is 9.90 Å². The molecule has 5 heteroatoms. The fourth-order valence-electron chi connectivity index (χ4n) is 7.30. The van der Waals surface area contributed by atoms with Gasteiger partial charge in [-0.25, -0.2) is 0 Å². The average Bonchev–Trinajstić information content (AvgIpc) is 3.14. The third-order valence-electron chi connectivity index (χ3n) is 9.97. The lowest BCUT2D eigenvalue weighted by atomic mass is 9.55. The van der Waals surface area contributed by atoms with Crippen LogP contribution < -0.4 is 0 Å². The maximum atomic E-state index is 12.0. The van der Waals surface area contributed by atoms with E-state index < -0.39 is 20.0 Å². The van der Waals surface area contributed by atoms with Crippen LogP contribution in [-0.4, -0.2) is 42.6 Å². The molecule has 5 aliphatic rings. The molecule has 2 aliphatic heterocycles. The molecule has 2 unspecified atom stereocenters. The molecule has 3 aliphatic carbocycles. The van der Waals surface area contributed by atoms with Crippen LogP contribution in [0.25, 0.3) is 0 Å². The number of ketones is 1. The van der Waals surface area contributed by atoms with Crippen molar-refractivity contribution >= 4 is 14.1 Å². The molecule has 0 amide bonds. The normalized spacial score (nSPS) is 47.6. The molecule has 0 radical (unpaired) electrons. The number of carbonyl (C=O) groups excluding carboxylic acids is 1. The van der Waals surface area contributed by atoms with Gasteiger partial charge in [-0.1, -0.05) is 27.7 Å². The van der Waals surface area contributed by atoms with E-state index in [2.05, 4.69) is 40.8 Å². The van der Waals surface area contributed by atoms with Gasteiger partial charge >= 0.3 is 0 Å². The third-order valence-corrected chi connectivity index (χ3v) is 14.5. The van der Waals surface area contributed by atoms with E-state index in [1.165, 1.54) is 0 Å². The van der Waals surface area contributed by atoms with Gasteiger partial charge in [0.05, 0.1) is 17.8 Å². The van der Waals surface area contributed by atoms with Crippen LogP contribution in [0.5, 0.6) is 0 Å². The summed E-state index contributed by atoms with van der Waals surface area (Å²) in [5.74, 6) is 0.463. The maximum Gasteiger partial charge on any atom is 0.192 e. The Hall–Kier alpha value is -0.753. The number of allylic oxidation sites excluding steroid dienone is 2. The summed E-state index contributed by atoms with van der Waals surface area (Å²) in [5.41, 5.74) is 0.0384. The second kappa shape index (κ2) is 6.18. The molecular formula is C25H38O4Si. The summed E-state index contributed by atoms with van der Waals surface area (Å²) in [7, 11) is -1.86. The molecule has 2 saturated heterocycles. The highest BCUT2D eigenvalue weighted by Gasteiger charge is 2.71. The van der Waals surface area contributed by atoms with Gasteiger partial charge < -0.3 is 14.3 Å². The van der Waals surface area contributed by atoms with Gasteiger partial charge in [0.15, 0.2) is 14.1 Å². The quantitative estimate of drug-likeness (QED) is 0.631. The number of hydrogen-bond acceptors (Lipinski definition) is 4. The molecule has 0 aromatic carbocycles. The number of aliphatic hydroxyl groups excluding tert-OH is 1. The Labute approximate surface area is 182 Å². The fraction of sp³-hybridized carbons (Fsp3) is 0.800. The van der Waals surface area contributed by atoms with E-state index in [1.807, 2.05) is 6.08 Å². The molecule has 2 spiro atoms. The van der Waals surface area contributed by atoms with Crippen molar-refractivity contribution in [3.63, 3.8) is 0 Å². The van der Waals surface area contributed by atoms with Gasteiger partial charge in [0.1, 0.15) is 5.60 Å². The lowest BCUT2D eigenvalue weighted by Crippen LogP contribution is -2.64. The molecule has 0 aromatic rings. The van der Waals surface area contributed by atoms with E-state index in [4.69, 9.17) is 9.16 Å². The third kappa shape index (κ3) is 2.58. The zero-order valence-corrected chi connectivity index (χ0v) is 20.5. The molecule has 2 saturated carbocycles. The lowest BCUT2D eigenvalue weighted by molar-refractivity contribution is -0.227. The minimum absolute atomic E-state index is 0.0259. The number of rotatable bonds is 2. The van der Waals surface area contributed by atoms with Crippen LogP contribution in [0.4, 0.5) is 0 Å². The van der Waals surface area contributed by atoms with Crippen LogP contribution in [0.15, 0.2) is 23.8 Å². The van der Waals surface area contributed by atoms with Crippen LogP contribution >= 0.6 is 0 Å². The largest absolute Gasteiger partial charge is 0.413 e. The van der Waals surface area contributed by atoms with E-state index in [1.54, 1.807) is 12.2 Å². The standard InChI is InChI=1S/C25H38O4Si/c1-22(2,3)30(5,6)28-20-8-7-19-23(20,4)11-10-17-21(27)18-15-16(26)9-12-24(18)13-14-25(17,19)29-24/h9,12,15,17,19-21,27H,7-8,10-11,13-14H2,1-6H3/t17?,19-,20+,21?,23+,24+,25-/m1/s1. The molecule has 2 heterocycles. The van der Waals surface area contributed by atoms with Gasteiger partial charge in [-0.15, -0.1) is 0 Å². The summed E-state index contributed by atoms with van der Waals surface area (Å²) < 4.78 is 14.0. The summed E-state index contributed by atoms with van der Waals surface area (Å²) in [5, 5.41) is 11.6. The molecule has 1 N–H and O–H groups in total. The van der Waals surface area contributed by atoms with Gasteiger partial charge in [0.25, 0.3) is 0 Å². The van der Waals surface area contributed by atoms with E-state index in [-0.39, 0.29) is 33.9 Å². The minimum atomic E-state index is -1.86. The smallest absolute Gasteiger partial charge is 0.192 e. The Bertz CT molecular complexity index is 839. The van der Waals surface area contributed by atoms with Crippen molar-refractivity contribution in [2.24, 2.45) is 17.3 Å². The molecule has 4 fully saturated rings. The van der Waals surface area contributed by atoms with Gasteiger partial charge in [-0.3, -0.25) is 4.79 Å². The molecule has 7 atom stereocenters. The van der Waals surface area contributed by atoms with Crippen molar-refractivity contribution in [3.05, 3.63) is 23.8 Å². The van der Waals surface area contributed by atoms with Crippen LogP contribution in [0.2, 0.25) is 18.1 Å². The molecule has 4 nitrogen and oxygen atoms in total. The maximum absolute atomic E-state index is 12.0. The van der Waals surface area contributed by atoms with Crippen molar-refractivity contribution in [3.8, 4) is 0 Å². The zero-order valence-electron chi connectivity index (χ0n) is 19.5. The molecule has 5 rings (SSSR count). The lowest BCUT2D eigenvalue weighted by Gasteiger charge is -2.59. The predicted octanol–water partition coefficient (Wildman–Crippen LogP) is 4.93. The first-order chi connectivity index (χ1) is 13.8.